The molecule has 0 amide bonds. The van der Waals surface area contributed by atoms with Gasteiger partial charge >= 0.3 is 0 Å². The van der Waals surface area contributed by atoms with Crippen LogP contribution in [0.1, 0.15) is 34.6 Å². The number of hydrogen-bond acceptors (Lipinski definition) is 3. The maximum Gasteiger partial charge on any atom is 0.148 e. The van der Waals surface area contributed by atoms with Crippen molar-refractivity contribution in [2.45, 2.75) is 39.8 Å². The Hall–Kier alpha value is -0.840. The van der Waals surface area contributed by atoms with Crippen LogP contribution in [0.15, 0.2) is 28.1 Å². The molecule has 0 aliphatic rings. The van der Waals surface area contributed by atoms with E-state index in [1.807, 2.05) is 13.0 Å². The average molecular weight is 354 g/mol. The van der Waals surface area contributed by atoms with Crippen molar-refractivity contribution in [3.63, 3.8) is 0 Å². The smallest absolute Gasteiger partial charge is 0.148 e. The van der Waals surface area contributed by atoms with Crippen LogP contribution >= 0.6 is 27.3 Å². The number of rotatable bonds is 4. The summed E-state index contributed by atoms with van der Waals surface area (Å²) in [6.45, 7) is 8.27. The molecule has 2 unspecified atom stereocenters. The quantitative estimate of drug-likeness (QED) is 0.847. The molecule has 0 fully saturated rings. The van der Waals surface area contributed by atoms with E-state index in [0.717, 1.165) is 14.4 Å². The molecule has 2 rings (SSSR count). The topological polar surface area (TPSA) is 35.2 Å². The Bertz CT molecular complexity index is 607. The van der Waals surface area contributed by atoms with E-state index >= 15 is 0 Å². The predicted molar refractivity (Wildman–Crippen MR) is 89.7 cm³/mol. The SMILES string of the molecule is Cc1cc(C)c(C)c(OC(c2ccc(Br)s2)C(C)N)c1. The minimum Gasteiger partial charge on any atom is -0.483 e. The van der Waals surface area contributed by atoms with Gasteiger partial charge in [-0.3, -0.25) is 0 Å². The van der Waals surface area contributed by atoms with Crippen LogP contribution in [0.4, 0.5) is 0 Å². The largest absolute Gasteiger partial charge is 0.483 e. The van der Waals surface area contributed by atoms with Gasteiger partial charge in [0.25, 0.3) is 0 Å². The van der Waals surface area contributed by atoms with E-state index in [-0.39, 0.29) is 12.1 Å². The first kappa shape index (κ1) is 15.5. The van der Waals surface area contributed by atoms with Gasteiger partial charge < -0.3 is 10.5 Å². The van der Waals surface area contributed by atoms with E-state index < -0.39 is 0 Å². The van der Waals surface area contributed by atoms with Gasteiger partial charge in [-0.05, 0) is 78.5 Å². The van der Waals surface area contributed by atoms with Crippen LogP contribution in [0.25, 0.3) is 0 Å². The van der Waals surface area contributed by atoms with Crippen molar-refractivity contribution >= 4 is 27.3 Å². The maximum absolute atomic E-state index is 6.23. The number of ether oxygens (including phenoxy) is 1. The van der Waals surface area contributed by atoms with Gasteiger partial charge in [0.1, 0.15) is 11.9 Å². The lowest BCUT2D eigenvalue weighted by Gasteiger charge is -2.23. The summed E-state index contributed by atoms with van der Waals surface area (Å²) in [5.41, 5.74) is 9.75. The summed E-state index contributed by atoms with van der Waals surface area (Å²) in [5.74, 6) is 0.925. The molecule has 0 radical (unpaired) electrons. The molecule has 0 saturated carbocycles. The Morgan fingerprint density at radius 1 is 1.20 bits per heavy atom. The molecule has 1 aromatic carbocycles. The summed E-state index contributed by atoms with van der Waals surface area (Å²) in [6.07, 6.45) is -0.119. The normalized spacial score (nSPS) is 14.1. The molecule has 108 valence electrons. The first-order valence-electron chi connectivity index (χ1n) is 6.64. The number of halogens is 1. The highest BCUT2D eigenvalue weighted by Crippen LogP contribution is 2.34. The van der Waals surface area contributed by atoms with E-state index in [1.54, 1.807) is 11.3 Å². The fourth-order valence-electron chi connectivity index (χ4n) is 2.17. The van der Waals surface area contributed by atoms with E-state index in [1.165, 1.54) is 16.7 Å². The Morgan fingerprint density at radius 3 is 2.45 bits per heavy atom. The summed E-state index contributed by atoms with van der Waals surface area (Å²) in [7, 11) is 0. The number of nitrogens with two attached hydrogens (primary N) is 1. The lowest BCUT2D eigenvalue weighted by Crippen LogP contribution is -2.28. The highest BCUT2D eigenvalue weighted by molar-refractivity contribution is 9.11. The molecule has 0 spiro atoms. The van der Waals surface area contributed by atoms with Crippen LogP contribution < -0.4 is 10.5 Å². The van der Waals surface area contributed by atoms with E-state index in [9.17, 15) is 0 Å². The molecule has 1 aromatic heterocycles. The third kappa shape index (κ3) is 3.43. The number of hydrogen-bond donors (Lipinski definition) is 1. The molecule has 0 saturated heterocycles. The Morgan fingerprint density at radius 2 is 1.90 bits per heavy atom. The van der Waals surface area contributed by atoms with Gasteiger partial charge in [-0.1, -0.05) is 6.07 Å². The van der Waals surface area contributed by atoms with Crippen molar-refractivity contribution in [1.82, 2.24) is 0 Å². The van der Waals surface area contributed by atoms with Gasteiger partial charge in [-0.25, -0.2) is 0 Å². The molecule has 2 N–H and O–H groups in total. The van der Waals surface area contributed by atoms with Gasteiger partial charge in [0, 0.05) is 10.9 Å². The van der Waals surface area contributed by atoms with Crippen LogP contribution in [0.5, 0.6) is 5.75 Å². The standard InChI is InChI=1S/C16H20BrNOS/c1-9-7-10(2)11(3)13(8-9)19-16(12(4)18)14-5-6-15(17)20-14/h5-8,12,16H,18H2,1-4H3. The lowest BCUT2D eigenvalue weighted by molar-refractivity contribution is 0.182. The molecule has 2 aromatic rings. The molecule has 20 heavy (non-hydrogen) atoms. The van der Waals surface area contributed by atoms with Crippen LogP contribution in [-0.4, -0.2) is 6.04 Å². The number of thiophene rings is 1. The van der Waals surface area contributed by atoms with Crippen molar-refractivity contribution in [3.05, 3.63) is 49.6 Å². The summed E-state index contributed by atoms with van der Waals surface area (Å²) >= 11 is 5.16. The zero-order chi connectivity index (χ0) is 14.9. The van der Waals surface area contributed by atoms with Crippen LogP contribution in [0, 0.1) is 20.8 Å². The second-order valence-electron chi connectivity index (χ2n) is 5.24. The second kappa shape index (κ2) is 6.29. The van der Waals surface area contributed by atoms with Crippen molar-refractivity contribution in [3.8, 4) is 5.75 Å². The highest BCUT2D eigenvalue weighted by atomic mass is 79.9. The number of aryl methyl sites for hydroxylation is 2. The lowest BCUT2D eigenvalue weighted by atomic mass is 10.1. The highest BCUT2D eigenvalue weighted by Gasteiger charge is 2.21. The molecular weight excluding hydrogens is 334 g/mol. The van der Waals surface area contributed by atoms with Crippen LogP contribution in [0.3, 0.4) is 0 Å². The van der Waals surface area contributed by atoms with Gasteiger partial charge in [-0.2, -0.15) is 0 Å². The Labute approximate surface area is 133 Å². The monoisotopic (exact) mass is 353 g/mol. The van der Waals surface area contributed by atoms with E-state index in [2.05, 4.69) is 54.9 Å². The van der Waals surface area contributed by atoms with E-state index in [4.69, 9.17) is 10.5 Å². The number of benzene rings is 1. The average Bonchev–Trinajstić information content (AvgIpc) is 2.77. The zero-order valence-electron chi connectivity index (χ0n) is 12.2. The van der Waals surface area contributed by atoms with Gasteiger partial charge in [0.2, 0.25) is 0 Å². The molecule has 1 heterocycles. The third-order valence-corrected chi connectivity index (χ3v) is 5.06. The van der Waals surface area contributed by atoms with Gasteiger partial charge in [0.05, 0.1) is 3.79 Å². The molecule has 0 aliphatic heterocycles. The Balaban J connectivity index is 2.34. The van der Waals surface area contributed by atoms with Crippen molar-refractivity contribution < 1.29 is 4.74 Å². The van der Waals surface area contributed by atoms with Crippen LogP contribution in [0.2, 0.25) is 0 Å². The van der Waals surface area contributed by atoms with Gasteiger partial charge in [-0.15, -0.1) is 11.3 Å². The maximum atomic E-state index is 6.23. The molecule has 4 heteroatoms. The second-order valence-corrected chi connectivity index (χ2v) is 7.74. The Kier molecular flexibility index (Phi) is 4.89. The fraction of sp³-hybridized carbons (Fsp3) is 0.375. The van der Waals surface area contributed by atoms with Crippen molar-refractivity contribution in [2.24, 2.45) is 5.73 Å². The molecule has 2 atom stereocenters. The van der Waals surface area contributed by atoms with E-state index in [0.29, 0.717) is 0 Å². The van der Waals surface area contributed by atoms with Crippen molar-refractivity contribution in [2.75, 3.05) is 0 Å². The fourth-order valence-corrected chi connectivity index (χ4v) is 3.73. The minimum absolute atomic E-state index is 0.0687. The first-order chi connectivity index (χ1) is 9.38. The van der Waals surface area contributed by atoms with Crippen molar-refractivity contribution in [1.29, 1.82) is 0 Å². The molecule has 0 bridgehead atoms. The third-order valence-electron chi connectivity index (χ3n) is 3.37. The summed E-state index contributed by atoms with van der Waals surface area (Å²) < 4.78 is 7.33. The predicted octanol–water partition coefficient (Wildman–Crippen LogP) is 4.90. The zero-order valence-corrected chi connectivity index (χ0v) is 14.6. The molecule has 0 aliphatic carbocycles. The summed E-state index contributed by atoms with van der Waals surface area (Å²) in [5, 5.41) is 0. The summed E-state index contributed by atoms with van der Waals surface area (Å²) in [6, 6.07) is 8.29. The summed E-state index contributed by atoms with van der Waals surface area (Å²) in [4.78, 5) is 1.14. The molecule has 2 nitrogen and oxygen atoms in total. The minimum atomic E-state index is -0.119. The first-order valence-corrected chi connectivity index (χ1v) is 8.24. The molecular formula is C16H20BrNOS. The van der Waals surface area contributed by atoms with Crippen LogP contribution in [-0.2, 0) is 0 Å². The van der Waals surface area contributed by atoms with Gasteiger partial charge in [0.15, 0.2) is 0 Å².